The molecule has 1 aliphatic heterocycles. The molecule has 2 aromatic carbocycles. The molecule has 0 radical (unpaired) electrons. The van der Waals surface area contributed by atoms with E-state index in [1.807, 2.05) is 4.90 Å². The molecule has 0 saturated carbocycles. The van der Waals surface area contributed by atoms with Crippen LogP contribution in [0.25, 0.3) is 0 Å². The molecular formula is C17H15F5N2O. The first-order valence-electron chi connectivity index (χ1n) is 7.65. The molecule has 0 aromatic heterocycles. The normalized spacial score (nSPS) is 15.6. The number of piperazine rings is 1. The average Bonchev–Trinajstić information content (AvgIpc) is 2.63. The number of aromatic hydroxyl groups is 1. The maximum atomic E-state index is 13.8. The topological polar surface area (TPSA) is 26.7 Å². The predicted octanol–water partition coefficient (Wildman–Crippen LogP) is 3.41. The molecule has 1 aliphatic rings. The Labute approximate surface area is 140 Å². The van der Waals surface area contributed by atoms with Gasteiger partial charge in [0.1, 0.15) is 5.75 Å². The summed E-state index contributed by atoms with van der Waals surface area (Å²) in [6, 6.07) is 6.76. The molecule has 0 unspecified atom stereocenters. The van der Waals surface area contributed by atoms with Gasteiger partial charge in [-0.3, -0.25) is 4.90 Å². The molecule has 1 N–H and O–H groups in total. The van der Waals surface area contributed by atoms with Crippen molar-refractivity contribution in [3.8, 4) is 5.75 Å². The van der Waals surface area contributed by atoms with E-state index < -0.39 is 34.6 Å². The van der Waals surface area contributed by atoms with Crippen LogP contribution >= 0.6 is 0 Å². The second-order valence-corrected chi connectivity index (χ2v) is 5.80. The first-order chi connectivity index (χ1) is 11.9. The van der Waals surface area contributed by atoms with E-state index in [4.69, 9.17) is 0 Å². The number of phenols is 1. The number of nitrogens with zero attached hydrogens (tertiary/aromatic N) is 2. The minimum Gasteiger partial charge on any atom is -0.506 e. The Morgan fingerprint density at radius 2 is 1.28 bits per heavy atom. The number of benzene rings is 2. The molecule has 8 heteroatoms. The van der Waals surface area contributed by atoms with Gasteiger partial charge in [-0.2, -0.15) is 0 Å². The maximum Gasteiger partial charge on any atom is 0.200 e. The van der Waals surface area contributed by atoms with Crippen molar-refractivity contribution < 1.29 is 27.1 Å². The lowest BCUT2D eigenvalue weighted by molar-refractivity contribution is 0.237. The number of hydrogen-bond donors (Lipinski definition) is 1. The molecule has 25 heavy (non-hydrogen) atoms. The van der Waals surface area contributed by atoms with Crippen LogP contribution in [-0.2, 0) is 6.54 Å². The summed E-state index contributed by atoms with van der Waals surface area (Å²) in [5.74, 6) is -9.47. The van der Waals surface area contributed by atoms with Crippen molar-refractivity contribution in [3.63, 3.8) is 0 Å². The summed E-state index contributed by atoms with van der Waals surface area (Å²) in [4.78, 5) is 3.50. The highest BCUT2D eigenvalue weighted by atomic mass is 19.2. The number of halogens is 5. The molecule has 0 aliphatic carbocycles. The van der Waals surface area contributed by atoms with E-state index >= 15 is 0 Å². The van der Waals surface area contributed by atoms with Crippen LogP contribution < -0.4 is 4.90 Å². The summed E-state index contributed by atoms with van der Waals surface area (Å²) in [5, 5.41) is 9.85. The van der Waals surface area contributed by atoms with Crippen molar-refractivity contribution in [1.29, 1.82) is 0 Å². The lowest BCUT2D eigenvalue weighted by Crippen LogP contribution is -2.46. The summed E-state index contributed by atoms with van der Waals surface area (Å²) >= 11 is 0. The lowest BCUT2D eigenvalue weighted by Gasteiger charge is -2.36. The number of para-hydroxylation sites is 2. The highest BCUT2D eigenvalue weighted by Crippen LogP contribution is 2.28. The molecule has 0 amide bonds. The van der Waals surface area contributed by atoms with Gasteiger partial charge >= 0.3 is 0 Å². The van der Waals surface area contributed by atoms with Crippen molar-refractivity contribution in [2.24, 2.45) is 0 Å². The fourth-order valence-corrected chi connectivity index (χ4v) is 2.89. The van der Waals surface area contributed by atoms with E-state index in [0.717, 1.165) is 0 Å². The van der Waals surface area contributed by atoms with Gasteiger partial charge in [-0.1, -0.05) is 12.1 Å². The van der Waals surface area contributed by atoms with Crippen molar-refractivity contribution in [2.75, 3.05) is 31.1 Å². The predicted molar refractivity (Wildman–Crippen MR) is 81.8 cm³/mol. The molecule has 1 fully saturated rings. The fourth-order valence-electron chi connectivity index (χ4n) is 2.89. The standard InChI is InChI=1S/C17H15F5N2O/c18-13-10(14(19)16(21)17(22)15(13)20)9-23-5-7-24(8-6-23)11-3-1-2-4-12(11)25/h1-4,25H,5-9H2. The molecule has 1 heterocycles. The molecule has 0 atom stereocenters. The monoisotopic (exact) mass is 358 g/mol. The molecule has 3 rings (SSSR count). The first kappa shape index (κ1) is 17.5. The van der Waals surface area contributed by atoms with Gasteiger partial charge in [0.25, 0.3) is 0 Å². The van der Waals surface area contributed by atoms with Crippen LogP contribution in [-0.4, -0.2) is 36.2 Å². The van der Waals surface area contributed by atoms with Gasteiger partial charge in [0, 0.05) is 38.3 Å². The maximum absolute atomic E-state index is 13.8. The van der Waals surface area contributed by atoms with E-state index in [0.29, 0.717) is 31.9 Å². The quantitative estimate of drug-likeness (QED) is 0.518. The Morgan fingerprint density at radius 1 is 0.760 bits per heavy atom. The van der Waals surface area contributed by atoms with Crippen molar-refractivity contribution in [2.45, 2.75) is 6.54 Å². The van der Waals surface area contributed by atoms with Crippen molar-refractivity contribution >= 4 is 5.69 Å². The molecule has 0 bridgehead atoms. The Hall–Kier alpha value is -2.35. The minimum atomic E-state index is -2.15. The number of phenolic OH excluding ortho intramolecular Hbond substituents is 1. The Kier molecular flexibility index (Phi) is 4.80. The van der Waals surface area contributed by atoms with Gasteiger partial charge in [-0.05, 0) is 12.1 Å². The van der Waals surface area contributed by atoms with Gasteiger partial charge < -0.3 is 10.0 Å². The van der Waals surface area contributed by atoms with E-state index in [-0.39, 0.29) is 12.3 Å². The first-order valence-corrected chi connectivity index (χ1v) is 7.65. The molecule has 3 nitrogen and oxygen atoms in total. The fraction of sp³-hybridized carbons (Fsp3) is 0.294. The Balaban J connectivity index is 1.72. The molecular weight excluding hydrogens is 343 g/mol. The SMILES string of the molecule is Oc1ccccc1N1CCN(Cc2c(F)c(F)c(F)c(F)c2F)CC1. The van der Waals surface area contributed by atoms with Crippen LogP contribution in [0.1, 0.15) is 5.56 Å². The highest BCUT2D eigenvalue weighted by molar-refractivity contribution is 5.57. The number of anilines is 1. The zero-order valence-electron chi connectivity index (χ0n) is 13.1. The third kappa shape index (κ3) is 3.26. The van der Waals surface area contributed by atoms with Crippen LogP contribution in [0.5, 0.6) is 5.75 Å². The molecule has 134 valence electrons. The second-order valence-electron chi connectivity index (χ2n) is 5.80. The molecule has 0 spiro atoms. The molecule has 2 aromatic rings. The molecule has 1 saturated heterocycles. The van der Waals surface area contributed by atoms with Crippen LogP contribution in [0.15, 0.2) is 24.3 Å². The lowest BCUT2D eigenvalue weighted by atomic mass is 10.1. The number of hydrogen-bond acceptors (Lipinski definition) is 3. The average molecular weight is 358 g/mol. The summed E-state index contributed by atoms with van der Waals surface area (Å²) in [5.41, 5.74) is -0.189. The van der Waals surface area contributed by atoms with Crippen LogP contribution in [0.2, 0.25) is 0 Å². The van der Waals surface area contributed by atoms with E-state index in [9.17, 15) is 27.1 Å². The zero-order chi connectivity index (χ0) is 18.1. The third-order valence-corrected chi connectivity index (χ3v) is 4.28. The smallest absolute Gasteiger partial charge is 0.200 e. The van der Waals surface area contributed by atoms with Gasteiger partial charge in [0.05, 0.1) is 5.69 Å². The van der Waals surface area contributed by atoms with Gasteiger partial charge in [0.2, 0.25) is 5.82 Å². The number of rotatable bonds is 3. The van der Waals surface area contributed by atoms with Gasteiger partial charge in [-0.15, -0.1) is 0 Å². The van der Waals surface area contributed by atoms with Gasteiger partial charge in [0.15, 0.2) is 23.3 Å². The minimum absolute atomic E-state index is 0.121. The van der Waals surface area contributed by atoms with Crippen LogP contribution in [0.4, 0.5) is 27.6 Å². The summed E-state index contributed by atoms with van der Waals surface area (Å²) < 4.78 is 67.1. The van der Waals surface area contributed by atoms with Gasteiger partial charge in [-0.25, -0.2) is 22.0 Å². The van der Waals surface area contributed by atoms with Crippen molar-refractivity contribution in [3.05, 3.63) is 58.9 Å². The summed E-state index contributed by atoms with van der Waals surface area (Å²) in [6.45, 7) is 1.24. The second kappa shape index (κ2) is 6.87. The Bertz CT molecular complexity index is 762. The van der Waals surface area contributed by atoms with Crippen LogP contribution in [0, 0.1) is 29.1 Å². The van der Waals surface area contributed by atoms with E-state index in [1.54, 1.807) is 29.2 Å². The largest absolute Gasteiger partial charge is 0.506 e. The van der Waals surface area contributed by atoms with E-state index in [2.05, 4.69) is 0 Å². The highest BCUT2D eigenvalue weighted by Gasteiger charge is 2.28. The van der Waals surface area contributed by atoms with Crippen LogP contribution in [0.3, 0.4) is 0 Å². The summed E-state index contributed by atoms with van der Waals surface area (Å²) in [6.07, 6.45) is 0. The van der Waals surface area contributed by atoms with Crippen molar-refractivity contribution in [1.82, 2.24) is 4.90 Å². The third-order valence-electron chi connectivity index (χ3n) is 4.28. The zero-order valence-corrected chi connectivity index (χ0v) is 13.1. The summed E-state index contributed by atoms with van der Waals surface area (Å²) in [7, 11) is 0. The van der Waals surface area contributed by atoms with E-state index in [1.165, 1.54) is 0 Å². The Morgan fingerprint density at radius 3 is 1.84 bits per heavy atom.